The Labute approximate surface area is 183 Å². The average Bonchev–Trinajstić information content (AvgIpc) is 3.13. The molecule has 0 aliphatic carbocycles. The summed E-state index contributed by atoms with van der Waals surface area (Å²) in [6, 6.07) is 12.4. The summed E-state index contributed by atoms with van der Waals surface area (Å²) in [4.78, 5) is 40.1. The Balaban J connectivity index is 1.65. The van der Waals surface area contributed by atoms with Crippen molar-refractivity contribution in [2.45, 2.75) is 19.0 Å². The summed E-state index contributed by atoms with van der Waals surface area (Å²) in [5.74, 6) is -0.478. The van der Waals surface area contributed by atoms with Crippen molar-refractivity contribution < 1.29 is 24.3 Å². The Hall–Kier alpha value is -3.85. The molecule has 1 saturated heterocycles. The van der Waals surface area contributed by atoms with Crippen molar-refractivity contribution in [3.05, 3.63) is 64.8 Å². The molecule has 2 bridgehead atoms. The van der Waals surface area contributed by atoms with Gasteiger partial charge in [0.1, 0.15) is 5.75 Å². The minimum absolute atomic E-state index is 0.193. The molecule has 2 N–H and O–H groups in total. The molecule has 3 aromatic rings. The normalized spacial score (nSPS) is 17.5. The van der Waals surface area contributed by atoms with Crippen LogP contribution in [0.5, 0.6) is 5.75 Å². The quantitative estimate of drug-likeness (QED) is 0.484. The molecule has 0 spiro atoms. The van der Waals surface area contributed by atoms with Crippen LogP contribution >= 0.6 is 0 Å². The number of urea groups is 1. The predicted octanol–water partition coefficient (Wildman–Crippen LogP) is 2.31. The van der Waals surface area contributed by atoms with Crippen LogP contribution in [0.3, 0.4) is 0 Å². The summed E-state index contributed by atoms with van der Waals surface area (Å²) in [5, 5.41) is 9.80. The van der Waals surface area contributed by atoms with Gasteiger partial charge in [0.25, 0.3) is 5.91 Å². The number of imide groups is 1. The molecule has 1 unspecified atom stereocenters. The second-order valence-electron chi connectivity index (χ2n) is 8.08. The Bertz CT molecular complexity index is 1260. The van der Waals surface area contributed by atoms with Gasteiger partial charge >= 0.3 is 6.03 Å². The molecular formula is C23H22N4O5. The number of rotatable bonds is 4. The van der Waals surface area contributed by atoms with E-state index in [1.54, 1.807) is 29.6 Å². The molecule has 1 aromatic heterocycles. The minimum Gasteiger partial charge on any atom is -0.497 e. The Kier molecular flexibility index (Phi) is 4.63. The second-order valence-corrected chi connectivity index (χ2v) is 8.08. The van der Waals surface area contributed by atoms with Crippen molar-refractivity contribution in [2.75, 3.05) is 20.7 Å². The first kappa shape index (κ1) is 20.1. The summed E-state index contributed by atoms with van der Waals surface area (Å²) in [6.45, 7) is 1.27. The van der Waals surface area contributed by atoms with Gasteiger partial charge < -0.3 is 14.2 Å². The van der Waals surface area contributed by atoms with Gasteiger partial charge in [0.15, 0.2) is 0 Å². The highest BCUT2D eigenvalue weighted by Gasteiger charge is 2.44. The largest absolute Gasteiger partial charge is 0.497 e. The van der Waals surface area contributed by atoms with E-state index in [0.717, 1.165) is 27.7 Å². The number of carbonyl (C=O) groups is 3. The van der Waals surface area contributed by atoms with Crippen molar-refractivity contribution in [2.24, 2.45) is 0 Å². The van der Waals surface area contributed by atoms with E-state index in [2.05, 4.69) is 4.57 Å². The van der Waals surface area contributed by atoms with Crippen LogP contribution < -0.4 is 10.2 Å². The molecule has 3 heterocycles. The Morgan fingerprint density at radius 1 is 1.19 bits per heavy atom. The van der Waals surface area contributed by atoms with E-state index in [0.29, 0.717) is 30.9 Å². The molecule has 32 heavy (non-hydrogen) atoms. The lowest BCUT2D eigenvalue weighted by molar-refractivity contribution is -0.132. The number of ether oxygens (including phenoxy) is 1. The van der Waals surface area contributed by atoms with Gasteiger partial charge in [-0.05, 0) is 35.4 Å². The van der Waals surface area contributed by atoms with Crippen LogP contribution in [0.25, 0.3) is 10.9 Å². The Morgan fingerprint density at radius 2 is 1.94 bits per heavy atom. The lowest BCUT2D eigenvalue weighted by atomic mass is 9.89. The molecular weight excluding hydrogens is 412 g/mol. The van der Waals surface area contributed by atoms with E-state index in [1.807, 2.05) is 30.3 Å². The van der Waals surface area contributed by atoms with E-state index >= 15 is 0 Å². The average molecular weight is 434 g/mol. The zero-order valence-corrected chi connectivity index (χ0v) is 17.7. The molecule has 1 atom stereocenters. The molecule has 164 valence electrons. The van der Waals surface area contributed by atoms with Crippen LogP contribution in [-0.4, -0.2) is 58.1 Å². The van der Waals surface area contributed by atoms with Crippen molar-refractivity contribution >= 4 is 28.7 Å². The highest BCUT2D eigenvalue weighted by Crippen LogP contribution is 2.41. The maximum atomic E-state index is 13.0. The van der Waals surface area contributed by atoms with Crippen molar-refractivity contribution in [1.82, 2.24) is 19.8 Å². The number of nitrogens with one attached hydrogen (secondary N) is 1. The Morgan fingerprint density at radius 3 is 2.62 bits per heavy atom. The number of hydrogen-bond acceptors (Lipinski definition) is 5. The number of methoxy groups -OCH3 is 1. The maximum absolute atomic E-state index is 13.0. The zero-order valence-electron chi connectivity index (χ0n) is 17.7. The number of carbonyl (C=O) groups excluding carboxylic acids is 3. The smallest absolute Gasteiger partial charge is 0.326 e. The van der Waals surface area contributed by atoms with Gasteiger partial charge in [-0.25, -0.2) is 10.3 Å². The van der Waals surface area contributed by atoms with Crippen molar-refractivity contribution in [3.63, 3.8) is 0 Å². The molecule has 0 saturated carbocycles. The number of likely N-dealkylation sites (N-methyl/N-ethyl adjacent to an activating group) is 1. The number of hydroxylamine groups is 1. The number of amides is 4. The third-order valence-electron chi connectivity index (χ3n) is 6.36. The van der Waals surface area contributed by atoms with Crippen LogP contribution in [0, 0.1) is 0 Å². The van der Waals surface area contributed by atoms with E-state index in [4.69, 9.17) is 9.94 Å². The third kappa shape index (κ3) is 2.93. The molecule has 2 aliphatic rings. The third-order valence-corrected chi connectivity index (χ3v) is 6.36. The lowest BCUT2D eigenvalue weighted by Gasteiger charge is -2.41. The zero-order chi connectivity index (χ0) is 22.6. The number of aromatic nitrogens is 1. The van der Waals surface area contributed by atoms with E-state index in [-0.39, 0.29) is 11.9 Å². The summed E-state index contributed by atoms with van der Waals surface area (Å²) in [7, 11) is 3.14. The van der Waals surface area contributed by atoms with Gasteiger partial charge in [-0.2, -0.15) is 0 Å². The molecule has 2 aliphatic heterocycles. The van der Waals surface area contributed by atoms with E-state index < -0.39 is 11.8 Å². The number of fused-ring (bicyclic) bond motifs is 6. The van der Waals surface area contributed by atoms with E-state index in [1.165, 1.54) is 11.9 Å². The topological polar surface area (TPSA) is 104 Å². The fourth-order valence-corrected chi connectivity index (χ4v) is 4.73. The fraction of sp³-hybridized carbons (Fsp3) is 0.261. The van der Waals surface area contributed by atoms with Gasteiger partial charge in [0.05, 0.1) is 25.1 Å². The summed E-state index contributed by atoms with van der Waals surface area (Å²) in [5.41, 5.74) is 5.71. The summed E-state index contributed by atoms with van der Waals surface area (Å²) in [6.07, 6.45) is 0. The monoisotopic (exact) mass is 434 g/mol. The van der Waals surface area contributed by atoms with Crippen LogP contribution in [0.4, 0.5) is 4.79 Å². The molecule has 9 nitrogen and oxygen atoms in total. The van der Waals surface area contributed by atoms with Gasteiger partial charge in [-0.1, -0.05) is 12.1 Å². The van der Waals surface area contributed by atoms with Gasteiger partial charge in [-0.15, -0.1) is 0 Å². The molecule has 1 fully saturated rings. The van der Waals surface area contributed by atoms with Crippen LogP contribution in [0.15, 0.2) is 42.5 Å². The van der Waals surface area contributed by atoms with Crippen LogP contribution in [0.2, 0.25) is 0 Å². The highest BCUT2D eigenvalue weighted by molar-refractivity contribution is 6.04. The molecule has 9 heteroatoms. The van der Waals surface area contributed by atoms with E-state index in [9.17, 15) is 14.4 Å². The summed E-state index contributed by atoms with van der Waals surface area (Å²) < 4.78 is 7.55. The first-order chi connectivity index (χ1) is 15.4. The fourth-order valence-electron chi connectivity index (χ4n) is 4.73. The summed E-state index contributed by atoms with van der Waals surface area (Å²) >= 11 is 0. The SMILES string of the molecule is COc1ccc2c3c(n(Cc4ccc(C(=O)NO)cc4)c2c1)CN1CC3C(=O)N(C)C1=O. The highest BCUT2D eigenvalue weighted by atomic mass is 16.5. The molecule has 5 rings (SSSR count). The molecule has 2 aromatic carbocycles. The van der Waals surface area contributed by atoms with Gasteiger partial charge in [0.2, 0.25) is 5.91 Å². The van der Waals surface area contributed by atoms with Crippen molar-refractivity contribution in [1.29, 1.82) is 0 Å². The molecule has 4 amide bonds. The standard InChI is InChI=1S/C23H22N4O5/c1-25-22(29)17-11-26(23(25)30)12-19-20(17)16-8-7-15(32-2)9-18(16)27(19)10-13-3-5-14(6-4-13)21(28)24-31/h3-9,17,31H,10-12H2,1-2H3,(H,24,28). The predicted molar refractivity (Wildman–Crippen MR) is 115 cm³/mol. The first-order valence-electron chi connectivity index (χ1n) is 10.2. The molecule has 0 radical (unpaired) electrons. The lowest BCUT2D eigenvalue weighted by Crippen LogP contribution is -2.56. The van der Waals surface area contributed by atoms with Gasteiger partial charge in [-0.3, -0.25) is 19.7 Å². The maximum Gasteiger partial charge on any atom is 0.326 e. The van der Waals surface area contributed by atoms with Crippen LogP contribution in [-0.2, 0) is 17.9 Å². The number of nitrogens with zero attached hydrogens (tertiary/aromatic N) is 3. The number of hydrogen-bond donors (Lipinski definition) is 2. The minimum atomic E-state index is -0.577. The van der Waals surface area contributed by atoms with Crippen LogP contribution in [0.1, 0.15) is 33.1 Å². The van der Waals surface area contributed by atoms with Gasteiger partial charge in [0, 0.05) is 42.8 Å². The second kappa shape index (κ2) is 7.38. The first-order valence-corrected chi connectivity index (χ1v) is 10.2. The van der Waals surface area contributed by atoms with Crippen molar-refractivity contribution in [3.8, 4) is 5.75 Å². The number of benzene rings is 2.